The van der Waals surface area contributed by atoms with Gasteiger partial charge in [-0.3, -0.25) is 10.1 Å². The Morgan fingerprint density at radius 1 is 1.44 bits per heavy atom. The molecule has 0 radical (unpaired) electrons. The summed E-state index contributed by atoms with van der Waals surface area (Å²) in [5.74, 6) is 0. The largest absolute Gasteiger partial charge is 0.274 e. The first kappa shape index (κ1) is 14.1. The number of sulfonamides is 1. The summed E-state index contributed by atoms with van der Waals surface area (Å²) >= 11 is 0. The summed E-state index contributed by atoms with van der Waals surface area (Å²) in [6.07, 6.45) is -0.140. The number of hydrogen-bond acceptors (Lipinski definition) is 5. The second-order valence-corrected chi connectivity index (χ2v) is 5.82. The molecule has 0 unspecified atom stereocenters. The highest BCUT2D eigenvalue weighted by Gasteiger charge is 2.22. The van der Waals surface area contributed by atoms with Crippen molar-refractivity contribution in [2.45, 2.75) is 11.3 Å². The maximum absolute atomic E-state index is 11.8. The minimum Gasteiger partial charge on any atom is -0.258 e. The van der Waals surface area contributed by atoms with E-state index in [9.17, 15) is 18.5 Å². The summed E-state index contributed by atoms with van der Waals surface area (Å²) in [6.45, 7) is 0. The highest BCUT2D eigenvalue weighted by Crippen LogP contribution is 2.24. The molecular weight excluding hydrogens is 258 g/mol. The Morgan fingerprint density at radius 2 is 2.06 bits per heavy atom. The summed E-state index contributed by atoms with van der Waals surface area (Å²) < 4.78 is 24.6. The van der Waals surface area contributed by atoms with Crippen molar-refractivity contribution in [1.29, 1.82) is 5.26 Å². The predicted octanol–water partition coefficient (Wildman–Crippen LogP) is 0.911. The molecule has 0 spiro atoms. The monoisotopic (exact) mass is 269 g/mol. The van der Waals surface area contributed by atoms with Gasteiger partial charge in [0, 0.05) is 25.7 Å². The van der Waals surface area contributed by atoms with E-state index in [1.807, 2.05) is 0 Å². The molecule has 0 aromatic heterocycles. The topological polar surface area (TPSA) is 104 Å². The van der Waals surface area contributed by atoms with E-state index in [0.717, 1.165) is 10.4 Å². The van der Waals surface area contributed by atoms with Crippen LogP contribution in [-0.4, -0.2) is 31.7 Å². The van der Waals surface area contributed by atoms with Crippen LogP contribution in [0.5, 0.6) is 0 Å². The zero-order valence-electron chi connectivity index (χ0n) is 9.82. The standard InChI is InChI=1S/C10H11N3O4S/c1-12(2)18(16,17)9-4-3-8(5-6-11)10(7-9)13(14)15/h3-4,7H,5H2,1-2H3. The fraction of sp³-hybridized carbons (Fsp3) is 0.300. The summed E-state index contributed by atoms with van der Waals surface area (Å²) in [7, 11) is -1.04. The van der Waals surface area contributed by atoms with Gasteiger partial charge < -0.3 is 0 Å². The third-order valence-corrected chi connectivity index (χ3v) is 4.11. The molecule has 0 heterocycles. The normalized spacial score (nSPS) is 11.2. The van der Waals surface area contributed by atoms with Crippen molar-refractivity contribution in [3.05, 3.63) is 33.9 Å². The fourth-order valence-electron chi connectivity index (χ4n) is 1.32. The average Bonchev–Trinajstić information content (AvgIpc) is 2.29. The first-order chi connectivity index (χ1) is 8.30. The van der Waals surface area contributed by atoms with E-state index in [1.165, 1.54) is 26.2 Å². The van der Waals surface area contributed by atoms with E-state index in [-0.39, 0.29) is 22.6 Å². The lowest BCUT2D eigenvalue weighted by atomic mass is 10.1. The van der Waals surface area contributed by atoms with Gasteiger partial charge in [-0.25, -0.2) is 12.7 Å². The van der Waals surface area contributed by atoms with E-state index in [2.05, 4.69) is 0 Å². The Labute approximate surface area is 104 Å². The highest BCUT2D eigenvalue weighted by atomic mass is 32.2. The number of nitrogens with zero attached hydrogens (tertiary/aromatic N) is 3. The molecule has 0 aliphatic rings. The Kier molecular flexibility index (Phi) is 4.00. The van der Waals surface area contributed by atoms with Crippen molar-refractivity contribution in [3.63, 3.8) is 0 Å². The smallest absolute Gasteiger partial charge is 0.258 e. The first-order valence-electron chi connectivity index (χ1n) is 4.87. The van der Waals surface area contributed by atoms with E-state index >= 15 is 0 Å². The number of nitro groups is 1. The molecule has 0 aliphatic carbocycles. The van der Waals surface area contributed by atoms with E-state index in [1.54, 1.807) is 6.07 Å². The van der Waals surface area contributed by atoms with Crippen molar-refractivity contribution in [2.24, 2.45) is 0 Å². The Morgan fingerprint density at radius 3 is 2.50 bits per heavy atom. The van der Waals surface area contributed by atoms with E-state index in [4.69, 9.17) is 5.26 Å². The number of rotatable bonds is 4. The Bertz CT molecular complexity index is 617. The molecule has 0 saturated carbocycles. The quantitative estimate of drug-likeness (QED) is 0.596. The molecule has 7 nitrogen and oxygen atoms in total. The minimum atomic E-state index is -3.72. The van der Waals surface area contributed by atoms with Crippen LogP contribution in [0.3, 0.4) is 0 Å². The molecule has 96 valence electrons. The van der Waals surface area contributed by atoms with Crippen LogP contribution >= 0.6 is 0 Å². The first-order valence-corrected chi connectivity index (χ1v) is 6.31. The summed E-state index contributed by atoms with van der Waals surface area (Å²) in [5, 5.41) is 19.4. The average molecular weight is 269 g/mol. The van der Waals surface area contributed by atoms with Gasteiger partial charge in [0.2, 0.25) is 10.0 Å². The molecule has 0 amide bonds. The van der Waals surface area contributed by atoms with Gasteiger partial charge in [-0.2, -0.15) is 5.26 Å². The summed E-state index contributed by atoms with van der Waals surface area (Å²) in [6, 6.07) is 5.32. The second-order valence-electron chi connectivity index (χ2n) is 3.67. The minimum absolute atomic E-state index is 0.140. The van der Waals surface area contributed by atoms with Crippen molar-refractivity contribution in [3.8, 4) is 6.07 Å². The van der Waals surface area contributed by atoms with Crippen molar-refractivity contribution in [1.82, 2.24) is 4.31 Å². The summed E-state index contributed by atoms with van der Waals surface area (Å²) in [5.41, 5.74) is -0.167. The molecule has 0 aliphatic heterocycles. The molecule has 1 aromatic carbocycles. The molecule has 0 atom stereocenters. The molecule has 1 rings (SSSR count). The van der Waals surface area contributed by atoms with Gasteiger partial charge >= 0.3 is 0 Å². The SMILES string of the molecule is CN(C)S(=O)(=O)c1ccc(CC#N)c([N+](=O)[O-])c1. The molecule has 0 bridgehead atoms. The van der Waals surface area contributed by atoms with Crippen LogP contribution in [0.25, 0.3) is 0 Å². The van der Waals surface area contributed by atoms with Gasteiger partial charge in [0.15, 0.2) is 0 Å². The maximum Gasteiger partial charge on any atom is 0.274 e. The van der Waals surface area contributed by atoms with Gasteiger partial charge in [-0.15, -0.1) is 0 Å². The number of hydrogen-bond donors (Lipinski definition) is 0. The van der Waals surface area contributed by atoms with Crippen LogP contribution in [-0.2, 0) is 16.4 Å². The highest BCUT2D eigenvalue weighted by molar-refractivity contribution is 7.89. The summed E-state index contributed by atoms with van der Waals surface area (Å²) in [4.78, 5) is 9.97. The molecule has 0 N–H and O–H groups in total. The van der Waals surface area contributed by atoms with Crippen LogP contribution in [0.4, 0.5) is 5.69 Å². The zero-order chi connectivity index (χ0) is 13.9. The van der Waals surface area contributed by atoms with Gasteiger partial charge in [0.05, 0.1) is 22.3 Å². The van der Waals surface area contributed by atoms with Crippen LogP contribution in [0, 0.1) is 21.4 Å². The Balaban J connectivity index is 3.42. The molecule has 18 heavy (non-hydrogen) atoms. The van der Waals surface area contributed by atoms with Crippen molar-refractivity contribution < 1.29 is 13.3 Å². The third-order valence-electron chi connectivity index (χ3n) is 2.30. The van der Waals surface area contributed by atoms with Crippen molar-refractivity contribution >= 4 is 15.7 Å². The van der Waals surface area contributed by atoms with Gasteiger partial charge in [-0.1, -0.05) is 0 Å². The fourth-order valence-corrected chi connectivity index (χ4v) is 2.24. The molecule has 0 saturated heterocycles. The van der Waals surface area contributed by atoms with E-state index < -0.39 is 14.9 Å². The van der Waals surface area contributed by atoms with Gasteiger partial charge in [-0.05, 0) is 12.1 Å². The number of nitriles is 1. The lowest BCUT2D eigenvalue weighted by molar-refractivity contribution is -0.385. The zero-order valence-corrected chi connectivity index (χ0v) is 10.6. The number of benzene rings is 1. The molecule has 0 fully saturated rings. The van der Waals surface area contributed by atoms with Crippen LogP contribution in [0.1, 0.15) is 5.56 Å². The van der Waals surface area contributed by atoms with Crippen LogP contribution in [0.15, 0.2) is 23.1 Å². The van der Waals surface area contributed by atoms with Gasteiger partial charge in [0.1, 0.15) is 0 Å². The predicted molar refractivity (Wildman–Crippen MR) is 63.3 cm³/mol. The van der Waals surface area contributed by atoms with Crippen LogP contribution < -0.4 is 0 Å². The third kappa shape index (κ3) is 2.64. The molecule has 1 aromatic rings. The number of nitro benzene ring substituents is 1. The lowest BCUT2D eigenvalue weighted by Gasteiger charge is -2.11. The maximum atomic E-state index is 11.8. The van der Waals surface area contributed by atoms with Gasteiger partial charge in [0.25, 0.3) is 5.69 Å². The van der Waals surface area contributed by atoms with Crippen LogP contribution in [0.2, 0.25) is 0 Å². The molecule has 8 heteroatoms. The van der Waals surface area contributed by atoms with Crippen molar-refractivity contribution in [2.75, 3.05) is 14.1 Å². The van der Waals surface area contributed by atoms with E-state index in [0.29, 0.717) is 0 Å². The second kappa shape index (κ2) is 5.12. The Hall–Kier alpha value is -1.98. The molecular formula is C10H11N3O4S. The lowest BCUT2D eigenvalue weighted by Crippen LogP contribution is -2.22.